The Morgan fingerprint density at radius 2 is 1.94 bits per heavy atom. The van der Waals surface area contributed by atoms with Crippen molar-refractivity contribution >= 4 is 11.8 Å². The number of alkyl halides is 3. The fraction of sp³-hybridized carbons (Fsp3) is 1.00. The highest BCUT2D eigenvalue weighted by Crippen LogP contribution is 2.42. The van der Waals surface area contributed by atoms with Gasteiger partial charge in [-0.05, 0) is 43.1 Å². The number of aliphatic hydroxyl groups excluding tert-OH is 1. The maximum atomic E-state index is 12.5. The van der Waals surface area contributed by atoms with Gasteiger partial charge in [-0.1, -0.05) is 0 Å². The minimum atomic E-state index is -4.51. The molecule has 2 atom stereocenters. The SMILES string of the molecule is O[C@@H](C1CCOC2(CCSCC2)C1)C(F)(F)F. The molecule has 2 nitrogen and oxygen atoms in total. The second-order valence-electron chi connectivity index (χ2n) is 4.88. The van der Waals surface area contributed by atoms with Crippen molar-refractivity contribution in [3.8, 4) is 0 Å². The summed E-state index contributed by atoms with van der Waals surface area (Å²) in [6.45, 7) is 0.336. The summed E-state index contributed by atoms with van der Waals surface area (Å²) in [5.74, 6) is 1.18. The van der Waals surface area contributed by atoms with E-state index in [4.69, 9.17) is 4.74 Å². The molecule has 2 aliphatic heterocycles. The summed E-state index contributed by atoms with van der Waals surface area (Å²) < 4.78 is 43.2. The number of aliphatic hydroxyl groups is 1. The van der Waals surface area contributed by atoms with E-state index in [-0.39, 0.29) is 0 Å². The Kier molecular flexibility index (Phi) is 3.95. The molecule has 2 aliphatic rings. The number of hydrogen-bond donors (Lipinski definition) is 1. The molecule has 0 aromatic heterocycles. The summed E-state index contributed by atoms with van der Waals surface area (Å²) in [6, 6.07) is 0. The second kappa shape index (κ2) is 4.97. The topological polar surface area (TPSA) is 29.5 Å². The van der Waals surface area contributed by atoms with E-state index in [0.29, 0.717) is 19.4 Å². The van der Waals surface area contributed by atoms with Gasteiger partial charge in [-0.25, -0.2) is 0 Å². The van der Waals surface area contributed by atoms with Gasteiger partial charge in [-0.3, -0.25) is 0 Å². The molecule has 1 N–H and O–H groups in total. The van der Waals surface area contributed by atoms with E-state index in [0.717, 1.165) is 24.3 Å². The average Bonchev–Trinajstić information content (AvgIpc) is 2.28. The Morgan fingerprint density at radius 3 is 2.53 bits per heavy atom. The molecule has 0 aromatic carbocycles. The van der Waals surface area contributed by atoms with E-state index < -0.39 is 23.8 Å². The number of thioether (sulfide) groups is 1. The third-order valence-corrected chi connectivity index (χ3v) is 4.70. The normalized spacial score (nSPS) is 31.4. The molecule has 0 aliphatic carbocycles. The zero-order valence-corrected chi connectivity index (χ0v) is 10.3. The van der Waals surface area contributed by atoms with Crippen LogP contribution in [-0.4, -0.2) is 41.1 Å². The summed E-state index contributed by atoms with van der Waals surface area (Å²) in [5.41, 5.74) is -0.402. The van der Waals surface area contributed by atoms with E-state index >= 15 is 0 Å². The van der Waals surface area contributed by atoms with Gasteiger partial charge in [0.2, 0.25) is 0 Å². The van der Waals surface area contributed by atoms with E-state index in [1.54, 1.807) is 0 Å². The Bertz CT molecular complexity index is 258. The van der Waals surface area contributed by atoms with E-state index in [2.05, 4.69) is 0 Å². The Balaban J connectivity index is 2.01. The van der Waals surface area contributed by atoms with Crippen LogP contribution in [0.3, 0.4) is 0 Å². The predicted molar refractivity (Wildman–Crippen MR) is 60.0 cm³/mol. The van der Waals surface area contributed by atoms with Crippen molar-refractivity contribution in [1.29, 1.82) is 0 Å². The number of ether oxygens (including phenoxy) is 1. The monoisotopic (exact) mass is 270 g/mol. The quantitative estimate of drug-likeness (QED) is 0.794. The Morgan fingerprint density at radius 1 is 1.29 bits per heavy atom. The first-order valence-corrected chi connectivity index (χ1v) is 7.05. The van der Waals surface area contributed by atoms with E-state index in [1.807, 2.05) is 11.8 Å². The average molecular weight is 270 g/mol. The fourth-order valence-electron chi connectivity index (χ4n) is 2.69. The van der Waals surface area contributed by atoms with Gasteiger partial charge < -0.3 is 9.84 Å². The molecule has 2 saturated heterocycles. The van der Waals surface area contributed by atoms with Crippen molar-refractivity contribution in [2.75, 3.05) is 18.1 Å². The van der Waals surface area contributed by atoms with Crippen LogP contribution in [0.1, 0.15) is 25.7 Å². The first kappa shape index (κ1) is 13.5. The standard InChI is InChI=1S/C11H17F3O2S/c12-11(13,14)9(15)8-1-4-16-10(7-8)2-5-17-6-3-10/h8-9,15H,1-7H2/t8?,9-/m0/s1. The van der Waals surface area contributed by atoms with Crippen molar-refractivity contribution in [2.24, 2.45) is 5.92 Å². The van der Waals surface area contributed by atoms with Crippen molar-refractivity contribution in [2.45, 2.75) is 43.6 Å². The van der Waals surface area contributed by atoms with Gasteiger partial charge >= 0.3 is 6.18 Å². The van der Waals surface area contributed by atoms with Gasteiger partial charge in [0.05, 0.1) is 5.60 Å². The molecular weight excluding hydrogens is 253 g/mol. The Hall–Kier alpha value is 0.0600. The number of rotatable bonds is 1. The summed E-state index contributed by atoms with van der Waals surface area (Å²) in [4.78, 5) is 0. The summed E-state index contributed by atoms with van der Waals surface area (Å²) in [7, 11) is 0. The first-order chi connectivity index (χ1) is 7.93. The maximum Gasteiger partial charge on any atom is 0.414 e. The molecule has 6 heteroatoms. The van der Waals surface area contributed by atoms with E-state index in [1.165, 1.54) is 0 Å². The van der Waals surface area contributed by atoms with Gasteiger partial charge in [-0.15, -0.1) is 0 Å². The molecule has 1 unspecified atom stereocenters. The Labute approximate surface area is 103 Å². The van der Waals surface area contributed by atoms with Crippen LogP contribution in [-0.2, 0) is 4.74 Å². The molecule has 0 amide bonds. The molecule has 2 rings (SSSR count). The number of hydrogen-bond acceptors (Lipinski definition) is 3. The van der Waals surface area contributed by atoms with Gasteiger partial charge in [0.25, 0.3) is 0 Å². The third-order valence-electron chi connectivity index (χ3n) is 3.72. The minimum Gasteiger partial charge on any atom is -0.383 e. The van der Waals surface area contributed by atoms with Gasteiger partial charge in [0.15, 0.2) is 6.10 Å². The second-order valence-corrected chi connectivity index (χ2v) is 6.11. The predicted octanol–water partition coefficient (Wildman–Crippen LogP) is 2.60. The van der Waals surface area contributed by atoms with Crippen LogP contribution in [0.25, 0.3) is 0 Å². The smallest absolute Gasteiger partial charge is 0.383 e. The lowest BCUT2D eigenvalue weighted by atomic mass is 9.79. The molecule has 2 fully saturated rings. The van der Waals surface area contributed by atoms with Gasteiger partial charge in [0.1, 0.15) is 0 Å². The number of halogens is 3. The highest BCUT2D eigenvalue weighted by Gasteiger charge is 2.48. The molecule has 0 bridgehead atoms. The zero-order chi connectivity index (χ0) is 12.5. The largest absolute Gasteiger partial charge is 0.414 e. The summed E-state index contributed by atoms with van der Waals surface area (Å²) in [5, 5.41) is 9.34. The summed E-state index contributed by atoms with van der Waals surface area (Å²) in [6.07, 6.45) is -4.45. The maximum absolute atomic E-state index is 12.5. The van der Waals surface area contributed by atoms with Crippen molar-refractivity contribution < 1.29 is 23.0 Å². The highest BCUT2D eigenvalue weighted by molar-refractivity contribution is 7.99. The summed E-state index contributed by atoms with van der Waals surface area (Å²) >= 11 is 1.81. The van der Waals surface area contributed by atoms with Crippen LogP contribution in [0.5, 0.6) is 0 Å². The molecule has 1 spiro atoms. The highest BCUT2D eigenvalue weighted by atomic mass is 32.2. The molecule has 17 heavy (non-hydrogen) atoms. The molecule has 100 valence electrons. The van der Waals surface area contributed by atoms with Gasteiger partial charge in [0, 0.05) is 6.61 Å². The lowest BCUT2D eigenvalue weighted by molar-refractivity contribution is -0.236. The van der Waals surface area contributed by atoms with Crippen molar-refractivity contribution in [1.82, 2.24) is 0 Å². The first-order valence-electron chi connectivity index (χ1n) is 5.89. The van der Waals surface area contributed by atoms with Crippen LogP contribution in [0.15, 0.2) is 0 Å². The van der Waals surface area contributed by atoms with Crippen LogP contribution < -0.4 is 0 Å². The fourth-order valence-corrected chi connectivity index (χ4v) is 3.93. The lowest BCUT2D eigenvalue weighted by Crippen LogP contribution is -2.48. The van der Waals surface area contributed by atoms with Crippen LogP contribution in [0.2, 0.25) is 0 Å². The molecule has 2 heterocycles. The zero-order valence-electron chi connectivity index (χ0n) is 9.50. The molecule has 0 radical (unpaired) electrons. The molecular formula is C11H17F3O2S. The van der Waals surface area contributed by atoms with Crippen LogP contribution in [0.4, 0.5) is 13.2 Å². The third kappa shape index (κ3) is 3.09. The minimum absolute atomic E-state index is 0.301. The van der Waals surface area contributed by atoms with E-state index in [9.17, 15) is 18.3 Å². The molecule has 0 saturated carbocycles. The van der Waals surface area contributed by atoms with Gasteiger partial charge in [-0.2, -0.15) is 24.9 Å². The molecule has 0 aromatic rings. The van der Waals surface area contributed by atoms with Crippen molar-refractivity contribution in [3.05, 3.63) is 0 Å². The van der Waals surface area contributed by atoms with Crippen LogP contribution >= 0.6 is 11.8 Å². The lowest BCUT2D eigenvalue weighted by Gasteiger charge is -2.44. The van der Waals surface area contributed by atoms with Crippen LogP contribution in [0, 0.1) is 5.92 Å². The van der Waals surface area contributed by atoms with Crippen molar-refractivity contribution in [3.63, 3.8) is 0 Å².